The van der Waals surface area contributed by atoms with Crippen LogP contribution in [0.5, 0.6) is 11.5 Å². The van der Waals surface area contributed by atoms with Gasteiger partial charge in [0.05, 0.1) is 25.6 Å². The van der Waals surface area contributed by atoms with Crippen LogP contribution in [0.1, 0.15) is 21.5 Å². The quantitative estimate of drug-likeness (QED) is 0.154. The van der Waals surface area contributed by atoms with E-state index < -0.39 is 0 Å². The first-order valence-corrected chi connectivity index (χ1v) is 12.2. The van der Waals surface area contributed by atoms with Gasteiger partial charge in [-0.2, -0.15) is 0 Å². The third-order valence-electron chi connectivity index (χ3n) is 5.38. The molecule has 0 saturated carbocycles. The van der Waals surface area contributed by atoms with E-state index in [9.17, 15) is 4.79 Å². The van der Waals surface area contributed by atoms with Gasteiger partial charge in [0, 0.05) is 35.7 Å². The van der Waals surface area contributed by atoms with Crippen LogP contribution >= 0.6 is 11.8 Å². The molecule has 1 heterocycles. The van der Waals surface area contributed by atoms with Gasteiger partial charge in [0.2, 0.25) is 0 Å². The predicted octanol–water partition coefficient (Wildman–Crippen LogP) is 5.23. The molecule has 0 unspecified atom stereocenters. The van der Waals surface area contributed by atoms with Crippen molar-refractivity contribution in [2.24, 2.45) is 0 Å². The Morgan fingerprint density at radius 2 is 1.81 bits per heavy atom. The van der Waals surface area contributed by atoms with E-state index in [1.807, 2.05) is 48.5 Å². The highest BCUT2D eigenvalue weighted by Gasteiger charge is 2.09. The molecule has 1 aromatic heterocycles. The van der Waals surface area contributed by atoms with Crippen molar-refractivity contribution < 1.29 is 14.3 Å². The van der Waals surface area contributed by atoms with Gasteiger partial charge in [-0.15, -0.1) is 0 Å². The lowest BCUT2D eigenvalue weighted by atomic mass is 10.1. The maximum atomic E-state index is 12.5. The molecule has 0 aliphatic carbocycles. The van der Waals surface area contributed by atoms with Crippen molar-refractivity contribution in [3.05, 3.63) is 95.7 Å². The Morgan fingerprint density at radius 1 is 1.00 bits per heavy atom. The topological polar surface area (TPSA) is 111 Å². The van der Waals surface area contributed by atoms with Crippen molar-refractivity contribution in [1.82, 2.24) is 9.97 Å². The van der Waals surface area contributed by atoms with Crippen LogP contribution in [-0.2, 0) is 12.3 Å². The third kappa shape index (κ3) is 6.45. The molecule has 0 aliphatic rings. The fraction of sp³-hybridized carbons (Fsp3) is 0.148. The van der Waals surface area contributed by atoms with Gasteiger partial charge in [0.15, 0.2) is 5.16 Å². The molecule has 0 fully saturated rings. The Labute approximate surface area is 214 Å². The molecule has 0 spiro atoms. The summed E-state index contributed by atoms with van der Waals surface area (Å²) >= 11 is 1.52. The Kier molecular flexibility index (Phi) is 8.25. The van der Waals surface area contributed by atoms with Crippen LogP contribution < -0.4 is 25.8 Å². The number of amides is 1. The van der Waals surface area contributed by atoms with Gasteiger partial charge in [0.25, 0.3) is 5.91 Å². The molecular weight excluding hydrogens is 474 g/mol. The van der Waals surface area contributed by atoms with Crippen molar-refractivity contribution in [1.29, 1.82) is 0 Å². The van der Waals surface area contributed by atoms with Gasteiger partial charge in [-0.3, -0.25) is 4.79 Å². The largest absolute Gasteiger partial charge is 0.497 e. The number of rotatable bonds is 10. The number of carbonyl (C=O) groups is 1. The number of nitrogen functional groups attached to an aromatic ring is 1. The number of anilines is 3. The zero-order valence-electron chi connectivity index (χ0n) is 20.0. The van der Waals surface area contributed by atoms with E-state index in [2.05, 4.69) is 20.6 Å². The molecule has 0 aliphatic heterocycles. The fourth-order valence-corrected chi connectivity index (χ4v) is 4.18. The highest BCUT2D eigenvalue weighted by Crippen LogP contribution is 2.26. The zero-order valence-corrected chi connectivity index (χ0v) is 20.8. The first-order chi connectivity index (χ1) is 17.6. The monoisotopic (exact) mass is 501 g/mol. The van der Waals surface area contributed by atoms with Gasteiger partial charge >= 0.3 is 0 Å². The van der Waals surface area contributed by atoms with E-state index in [4.69, 9.17) is 15.2 Å². The van der Waals surface area contributed by atoms with Gasteiger partial charge in [-0.05, 0) is 48.0 Å². The number of thioether (sulfide) groups is 1. The maximum Gasteiger partial charge on any atom is 0.255 e. The average molecular weight is 502 g/mol. The zero-order chi connectivity index (χ0) is 25.3. The fourth-order valence-electron chi connectivity index (χ4n) is 3.40. The molecule has 8 nitrogen and oxygen atoms in total. The number of methoxy groups -OCH3 is 2. The van der Waals surface area contributed by atoms with Gasteiger partial charge in [0.1, 0.15) is 17.3 Å². The Balaban J connectivity index is 1.32. The molecule has 0 radical (unpaired) electrons. The molecule has 4 N–H and O–H groups in total. The summed E-state index contributed by atoms with van der Waals surface area (Å²) in [5.74, 6) is 2.67. The Bertz CT molecular complexity index is 1330. The lowest BCUT2D eigenvalue weighted by Crippen LogP contribution is -2.13. The standard InChI is InChI=1S/C27H27N5O3S/c1-34-21-12-11-20(24(15-21)35-2)16-30-25-13-14-29-27(32-25)36-17-18-7-9-19(10-8-18)26(33)31-23-6-4-3-5-22(23)28/h3-15H,16-17,28H2,1-2H3,(H,31,33)(H,29,30,32). The highest BCUT2D eigenvalue weighted by atomic mass is 32.2. The maximum absolute atomic E-state index is 12.5. The summed E-state index contributed by atoms with van der Waals surface area (Å²) in [5.41, 5.74) is 9.63. The van der Waals surface area contributed by atoms with Crippen LogP contribution in [0.2, 0.25) is 0 Å². The number of hydrogen-bond acceptors (Lipinski definition) is 8. The number of benzene rings is 3. The second kappa shape index (κ2) is 11.9. The summed E-state index contributed by atoms with van der Waals surface area (Å²) in [6.45, 7) is 0.548. The van der Waals surface area contributed by atoms with Crippen LogP contribution in [0.25, 0.3) is 0 Å². The van der Waals surface area contributed by atoms with Gasteiger partial charge in [-0.25, -0.2) is 9.97 Å². The number of hydrogen-bond donors (Lipinski definition) is 3. The highest BCUT2D eigenvalue weighted by molar-refractivity contribution is 7.98. The summed E-state index contributed by atoms with van der Waals surface area (Å²) in [4.78, 5) is 21.5. The van der Waals surface area contributed by atoms with E-state index in [0.29, 0.717) is 34.4 Å². The summed E-state index contributed by atoms with van der Waals surface area (Å²) in [5, 5.41) is 6.81. The first kappa shape index (κ1) is 24.9. The summed E-state index contributed by atoms with van der Waals surface area (Å²) in [6, 6.07) is 22.1. The molecule has 0 bridgehead atoms. The molecule has 3 aromatic carbocycles. The van der Waals surface area contributed by atoms with Gasteiger partial charge < -0.3 is 25.8 Å². The van der Waals surface area contributed by atoms with Crippen LogP contribution in [0, 0.1) is 0 Å². The minimum Gasteiger partial charge on any atom is -0.497 e. The molecule has 184 valence electrons. The van der Waals surface area contributed by atoms with E-state index >= 15 is 0 Å². The molecule has 4 rings (SSSR count). The minimum absolute atomic E-state index is 0.206. The van der Waals surface area contributed by atoms with Crippen LogP contribution in [-0.4, -0.2) is 30.1 Å². The molecule has 4 aromatic rings. The number of nitrogens with two attached hydrogens (primary N) is 1. The van der Waals surface area contributed by atoms with Gasteiger partial charge in [-0.1, -0.05) is 36.0 Å². The number of nitrogens with zero attached hydrogens (tertiary/aromatic N) is 2. The summed E-state index contributed by atoms with van der Waals surface area (Å²) in [6.07, 6.45) is 1.73. The Morgan fingerprint density at radius 3 is 2.56 bits per heavy atom. The van der Waals surface area contributed by atoms with E-state index in [1.54, 1.807) is 44.7 Å². The van der Waals surface area contributed by atoms with Crippen molar-refractivity contribution in [3.63, 3.8) is 0 Å². The van der Waals surface area contributed by atoms with Crippen LogP contribution in [0.3, 0.4) is 0 Å². The molecule has 0 saturated heterocycles. The van der Waals surface area contributed by atoms with Crippen molar-refractivity contribution >= 4 is 34.9 Å². The van der Waals surface area contributed by atoms with E-state index in [1.165, 1.54) is 11.8 Å². The number of aromatic nitrogens is 2. The number of para-hydroxylation sites is 2. The second-order valence-electron chi connectivity index (χ2n) is 7.78. The summed E-state index contributed by atoms with van der Waals surface area (Å²) in [7, 11) is 3.26. The van der Waals surface area contributed by atoms with E-state index in [-0.39, 0.29) is 5.91 Å². The Hall–Kier alpha value is -4.24. The van der Waals surface area contributed by atoms with Crippen molar-refractivity contribution in [3.8, 4) is 11.5 Å². The molecule has 0 atom stereocenters. The normalized spacial score (nSPS) is 10.5. The average Bonchev–Trinajstić information content (AvgIpc) is 2.92. The lowest BCUT2D eigenvalue weighted by molar-refractivity contribution is 0.102. The third-order valence-corrected chi connectivity index (χ3v) is 6.31. The molecule has 9 heteroatoms. The molecular formula is C27H27N5O3S. The van der Waals surface area contributed by atoms with Crippen LogP contribution in [0.15, 0.2) is 84.1 Å². The summed E-state index contributed by atoms with van der Waals surface area (Å²) < 4.78 is 10.7. The second-order valence-corrected chi connectivity index (χ2v) is 8.73. The minimum atomic E-state index is -0.206. The van der Waals surface area contributed by atoms with Crippen molar-refractivity contribution in [2.45, 2.75) is 17.5 Å². The molecule has 1 amide bonds. The number of ether oxygens (including phenoxy) is 2. The number of nitrogens with one attached hydrogen (secondary N) is 2. The van der Waals surface area contributed by atoms with E-state index in [0.717, 1.165) is 28.4 Å². The number of carbonyl (C=O) groups excluding carboxylic acids is 1. The first-order valence-electron chi connectivity index (χ1n) is 11.2. The van der Waals surface area contributed by atoms with Crippen LogP contribution in [0.4, 0.5) is 17.2 Å². The molecule has 36 heavy (non-hydrogen) atoms. The lowest BCUT2D eigenvalue weighted by Gasteiger charge is -2.12. The SMILES string of the molecule is COc1ccc(CNc2ccnc(SCc3ccc(C(=O)Nc4ccccc4N)cc3)n2)c(OC)c1. The predicted molar refractivity (Wildman–Crippen MR) is 144 cm³/mol. The van der Waals surface area contributed by atoms with Crippen molar-refractivity contribution in [2.75, 3.05) is 30.6 Å². The smallest absolute Gasteiger partial charge is 0.255 e.